The molecule has 0 aliphatic heterocycles. The molecule has 0 unspecified atom stereocenters. The third-order valence-corrected chi connectivity index (χ3v) is 3.88. The molecule has 0 bridgehead atoms. The largest absolute Gasteiger partial charge is 0.337 e. The van der Waals surface area contributed by atoms with Gasteiger partial charge in [-0.15, -0.1) is 0 Å². The van der Waals surface area contributed by atoms with Crippen LogP contribution < -0.4 is 0 Å². The quantitative estimate of drug-likeness (QED) is 0.579. The minimum Gasteiger partial charge on any atom is -0.337 e. The Morgan fingerprint density at radius 1 is 1.06 bits per heavy atom. The van der Waals surface area contributed by atoms with E-state index >= 15 is 0 Å². The summed E-state index contributed by atoms with van der Waals surface area (Å²) in [6.07, 6.45) is 11.4. The topological polar surface area (TPSA) is 18.5 Å². The van der Waals surface area contributed by atoms with Crippen LogP contribution >= 0.6 is 0 Å². The maximum Gasteiger partial charge on any atom is 0.292 e. The number of hydrogen-bond donors (Lipinski definition) is 0. The van der Waals surface area contributed by atoms with E-state index in [0.29, 0.717) is 12.2 Å². The lowest BCUT2D eigenvalue weighted by Crippen LogP contribution is -2.21. The summed E-state index contributed by atoms with van der Waals surface area (Å²) in [4.78, 5) is 0. The molecule has 0 aromatic rings. The van der Waals surface area contributed by atoms with Gasteiger partial charge in [0.1, 0.15) is 0 Å². The van der Waals surface area contributed by atoms with Gasteiger partial charge in [-0.25, -0.2) is 0 Å². The monoisotopic (exact) mass is 254 g/mol. The average molecular weight is 254 g/mol. The summed E-state index contributed by atoms with van der Waals surface area (Å²) in [5, 5.41) is 0. The van der Waals surface area contributed by atoms with Crippen molar-refractivity contribution >= 4 is 0 Å². The lowest BCUT2D eigenvalue weighted by Gasteiger charge is -2.26. The van der Waals surface area contributed by atoms with Gasteiger partial charge in [0.15, 0.2) is 0 Å². The van der Waals surface area contributed by atoms with E-state index in [1.54, 1.807) is 0 Å². The molecule has 1 rings (SSSR count). The van der Waals surface area contributed by atoms with E-state index in [9.17, 15) is 0 Å². The van der Waals surface area contributed by atoms with E-state index in [4.69, 9.17) is 9.47 Å². The summed E-state index contributed by atoms with van der Waals surface area (Å²) in [7, 11) is 0. The van der Waals surface area contributed by atoms with Crippen molar-refractivity contribution in [2.45, 2.75) is 90.8 Å². The van der Waals surface area contributed by atoms with Gasteiger partial charge >= 0.3 is 0 Å². The van der Waals surface area contributed by atoms with Crippen LogP contribution in [0.5, 0.6) is 0 Å². The SMILES string of the molecule is CCCC[C@@H](CCC)O[C]O[C@H]1CC[C@H](C)CC1. The highest BCUT2D eigenvalue weighted by molar-refractivity contribution is 4.70. The van der Waals surface area contributed by atoms with Gasteiger partial charge < -0.3 is 9.47 Å². The van der Waals surface area contributed by atoms with Gasteiger partial charge in [0.05, 0.1) is 12.2 Å². The number of rotatable bonds is 9. The number of ether oxygens (including phenoxy) is 2. The van der Waals surface area contributed by atoms with Gasteiger partial charge in [-0.05, 0) is 44.4 Å². The molecule has 2 nitrogen and oxygen atoms in total. The third kappa shape index (κ3) is 6.75. The number of unbranched alkanes of at least 4 members (excludes halogenated alkanes) is 1. The molecule has 0 spiro atoms. The lowest BCUT2D eigenvalue weighted by atomic mass is 9.89. The molecule has 0 amide bonds. The molecule has 0 N–H and O–H groups in total. The summed E-state index contributed by atoms with van der Waals surface area (Å²) in [5.41, 5.74) is 0. The molecular weight excluding hydrogens is 224 g/mol. The molecule has 1 fully saturated rings. The van der Waals surface area contributed by atoms with E-state index in [1.807, 2.05) is 0 Å². The normalized spacial score (nSPS) is 26.2. The predicted molar refractivity (Wildman–Crippen MR) is 75.1 cm³/mol. The summed E-state index contributed by atoms with van der Waals surface area (Å²) < 4.78 is 11.3. The molecular formula is C16H30O2. The van der Waals surface area contributed by atoms with Crippen molar-refractivity contribution in [2.24, 2.45) is 5.92 Å². The van der Waals surface area contributed by atoms with E-state index < -0.39 is 0 Å². The molecule has 18 heavy (non-hydrogen) atoms. The zero-order valence-electron chi connectivity index (χ0n) is 12.4. The van der Waals surface area contributed by atoms with Crippen LogP contribution in [0.1, 0.15) is 78.6 Å². The Labute approximate surface area is 113 Å². The Morgan fingerprint density at radius 2 is 1.78 bits per heavy atom. The van der Waals surface area contributed by atoms with Crippen molar-refractivity contribution in [3.05, 3.63) is 6.79 Å². The van der Waals surface area contributed by atoms with Crippen LogP contribution in [0.2, 0.25) is 0 Å². The van der Waals surface area contributed by atoms with Crippen LogP contribution in [0.25, 0.3) is 0 Å². The second kappa shape index (κ2) is 9.80. The van der Waals surface area contributed by atoms with E-state index in [0.717, 1.165) is 38.0 Å². The van der Waals surface area contributed by atoms with E-state index in [2.05, 4.69) is 27.6 Å². The van der Waals surface area contributed by atoms with Gasteiger partial charge in [-0.1, -0.05) is 40.0 Å². The molecule has 1 saturated carbocycles. The highest BCUT2D eigenvalue weighted by atomic mass is 16.7. The van der Waals surface area contributed by atoms with Crippen molar-refractivity contribution in [1.29, 1.82) is 0 Å². The van der Waals surface area contributed by atoms with Crippen molar-refractivity contribution in [3.8, 4) is 0 Å². The molecule has 1 atom stereocenters. The molecule has 0 saturated heterocycles. The minimum atomic E-state index is 0.303. The molecule has 0 heterocycles. The van der Waals surface area contributed by atoms with Gasteiger partial charge in [-0.2, -0.15) is 0 Å². The average Bonchev–Trinajstić information content (AvgIpc) is 2.38. The first-order valence-corrected chi connectivity index (χ1v) is 7.82. The van der Waals surface area contributed by atoms with E-state index in [-0.39, 0.29) is 0 Å². The second-order valence-electron chi connectivity index (χ2n) is 5.75. The number of hydrogen-bond acceptors (Lipinski definition) is 2. The molecule has 2 heteroatoms. The fourth-order valence-corrected chi connectivity index (χ4v) is 2.53. The highest BCUT2D eigenvalue weighted by Gasteiger charge is 2.19. The van der Waals surface area contributed by atoms with Crippen LogP contribution in [0.3, 0.4) is 0 Å². The molecule has 106 valence electrons. The van der Waals surface area contributed by atoms with Crippen LogP contribution in [-0.4, -0.2) is 12.2 Å². The molecule has 1 aliphatic carbocycles. The second-order valence-corrected chi connectivity index (χ2v) is 5.75. The molecule has 0 aromatic carbocycles. The van der Waals surface area contributed by atoms with Gasteiger partial charge in [0.2, 0.25) is 0 Å². The summed E-state index contributed by atoms with van der Waals surface area (Å²) in [5.74, 6) is 0.864. The Balaban J connectivity index is 2.09. The Morgan fingerprint density at radius 3 is 2.39 bits per heavy atom. The predicted octanol–water partition coefficient (Wildman–Crippen LogP) is 4.95. The highest BCUT2D eigenvalue weighted by Crippen LogP contribution is 2.26. The third-order valence-electron chi connectivity index (χ3n) is 3.88. The van der Waals surface area contributed by atoms with Crippen LogP contribution in [-0.2, 0) is 9.47 Å². The summed E-state index contributed by atoms with van der Waals surface area (Å²) in [6, 6.07) is 0. The fraction of sp³-hybridized carbons (Fsp3) is 0.938. The van der Waals surface area contributed by atoms with Crippen LogP contribution in [0, 0.1) is 12.7 Å². The summed E-state index contributed by atoms with van der Waals surface area (Å²) in [6.45, 7) is 9.50. The maximum atomic E-state index is 5.64. The van der Waals surface area contributed by atoms with Crippen molar-refractivity contribution in [1.82, 2.24) is 0 Å². The first-order valence-electron chi connectivity index (χ1n) is 7.82. The van der Waals surface area contributed by atoms with E-state index in [1.165, 1.54) is 25.7 Å². The van der Waals surface area contributed by atoms with Gasteiger partial charge in [0, 0.05) is 0 Å². The molecule has 0 aromatic heterocycles. The first-order chi connectivity index (χ1) is 8.76. The van der Waals surface area contributed by atoms with Crippen LogP contribution in [0.4, 0.5) is 0 Å². The van der Waals surface area contributed by atoms with Crippen molar-refractivity contribution in [3.63, 3.8) is 0 Å². The zero-order valence-corrected chi connectivity index (χ0v) is 12.4. The Hall–Kier alpha value is -0.0800. The fourth-order valence-electron chi connectivity index (χ4n) is 2.53. The van der Waals surface area contributed by atoms with Gasteiger partial charge in [0.25, 0.3) is 6.79 Å². The standard InChI is InChI=1S/C16H30O2/c1-4-6-8-15(7-5-2)17-13-18-16-11-9-14(3)10-12-16/h14-16H,4-12H2,1-3H3/t14-,15-,16-/m1/s1. The summed E-state index contributed by atoms with van der Waals surface area (Å²) >= 11 is 0. The molecule has 2 radical (unpaired) electrons. The van der Waals surface area contributed by atoms with Crippen molar-refractivity contribution in [2.75, 3.05) is 0 Å². The van der Waals surface area contributed by atoms with Gasteiger partial charge in [-0.3, -0.25) is 0 Å². The minimum absolute atomic E-state index is 0.303. The lowest BCUT2D eigenvalue weighted by molar-refractivity contribution is -0.0687. The first kappa shape index (κ1) is 16.0. The zero-order chi connectivity index (χ0) is 13.2. The van der Waals surface area contributed by atoms with Crippen LogP contribution in [0.15, 0.2) is 0 Å². The van der Waals surface area contributed by atoms with Crippen molar-refractivity contribution < 1.29 is 9.47 Å². The smallest absolute Gasteiger partial charge is 0.292 e. The Kier molecular flexibility index (Phi) is 8.70. The Bertz CT molecular complexity index is 186. The maximum absolute atomic E-state index is 5.64. The molecule has 1 aliphatic rings.